The van der Waals surface area contributed by atoms with Crippen LogP contribution in [0, 0.1) is 0 Å². The third kappa shape index (κ3) is 3.33. The van der Waals surface area contributed by atoms with Crippen LogP contribution in [-0.4, -0.2) is 48.5 Å². The van der Waals surface area contributed by atoms with Crippen LogP contribution in [0.5, 0.6) is 0 Å². The second-order valence-electron chi connectivity index (χ2n) is 5.34. The van der Waals surface area contributed by atoms with E-state index in [1.54, 1.807) is 0 Å². The molecule has 3 nitrogen and oxygen atoms in total. The molecule has 0 atom stereocenters. The monoisotopic (exact) mass is 367 g/mol. The summed E-state index contributed by atoms with van der Waals surface area (Å²) in [5.41, 5.74) is 0. The number of anilines is 1. The smallest absolute Gasteiger partial charge is 0.136 e. The largest absolute Gasteiger partial charge is 0.355 e. The van der Waals surface area contributed by atoms with E-state index in [-0.39, 0.29) is 0 Å². The van der Waals surface area contributed by atoms with Crippen molar-refractivity contribution in [3.05, 3.63) is 34.9 Å². The molecule has 0 unspecified atom stereocenters. The van der Waals surface area contributed by atoms with Crippen molar-refractivity contribution in [2.75, 3.05) is 43.5 Å². The molecule has 1 aliphatic rings. The third-order valence-corrected chi connectivity index (χ3v) is 4.88. The van der Waals surface area contributed by atoms with Gasteiger partial charge >= 0.3 is 0 Å². The zero-order chi connectivity index (χ0) is 14.7. The number of aromatic nitrogens is 1. The maximum absolute atomic E-state index is 5.86. The van der Waals surface area contributed by atoms with Gasteiger partial charge in [-0.05, 0) is 25.1 Å². The number of hydrogen-bond acceptors (Lipinski definition) is 3. The standard InChI is InChI=1S/C16H19BrClN3/c17-15-4-1-3-14-13(15)5-7-19-16(14)21-9-2-8-20(10-6-18)11-12-21/h1,3-5,7H,2,6,8-12H2. The molecule has 1 fully saturated rings. The SMILES string of the molecule is ClCCN1CCCN(c2nccc3c(Br)cccc23)CC1. The lowest BCUT2D eigenvalue weighted by Crippen LogP contribution is -2.32. The van der Waals surface area contributed by atoms with Gasteiger partial charge in [0.1, 0.15) is 5.82 Å². The predicted molar refractivity (Wildman–Crippen MR) is 93.4 cm³/mol. The van der Waals surface area contributed by atoms with Gasteiger partial charge in [-0.25, -0.2) is 4.98 Å². The lowest BCUT2D eigenvalue weighted by atomic mass is 10.1. The molecule has 0 N–H and O–H groups in total. The van der Waals surface area contributed by atoms with Crippen LogP contribution >= 0.6 is 27.5 Å². The average molecular weight is 369 g/mol. The summed E-state index contributed by atoms with van der Waals surface area (Å²) in [5.74, 6) is 1.81. The first-order valence-electron chi connectivity index (χ1n) is 7.36. The molecule has 0 aliphatic carbocycles. The number of pyridine rings is 1. The van der Waals surface area contributed by atoms with Gasteiger partial charge in [-0.15, -0.1) is 11.6 Å². The summed E-state index contributed by atoms with van der Waals surface area (Å²) >= 11 is 9.50. The highest BCUT2D eigenvalue weighted by atomic mass is 79.9. The van der Waals surface area contributed by atoms with E-state index in [0.29, 0.717) is 5.88 Å². The summed E-state index contributed by atoms with van der Waals surface area (Å²) in [4.78, 5) is 9.49. The van der Waals surface area contributed by atoms with Crippen LogP contribution in [0.1, 0.15) is 6.42 Å². The lowest BCUT2D eigenvalue weighted by molar-refractivity contribution is 0.311. The molecule has 0 amide bonds. The van der Waals surface area contributed by atoms with Crippen molar-refractivity contribution in [2.45, 2.75) is 6.42 Å². The van der Waals surface area contributed by atoms with Crippen LogP contribution in [0.15, 0.2) is 34.9 Å². The maximum Gasteiger partial charge on any atom is 0.136 e. The Labute approximate surface area is 139 Å². The van der Waals surface area contributed by atoms with Crippen LogP contribution in [0.3, 0.4) is 0 Å². The van der Waals surface area contributed by atoms with Gasteiger partial charge in [0.05, 0.1) is 0 Å². The summed E-state index contributed by atoms with van der Waals surface area (Å²) in [7, 11) is 0. The van der Waals surface area contributed by atoms with Crippen molar-refractivity contribution in [1.29, 1.82) is 0 Å². The Balaban J connectivity index is 1.88. The Kier molecular flexibility index (Phi) is 4.99. The van der Waals surface area contributed by atoms with E-state index in [1.165, 1.54) is 10.8 Å². The van der Waals surface area contributed by atoms with Crippen LogP contribution in [0.4, 0.5) is 5.82 Å². The van der Waals surface area contributed by atoms with Gasteiger partial charge in [-0.1, -0.05) is 28.1 Å². The molecule has 21 heavy (non-hydrogen) atoms. The van der Waals surface area contributed by atoms with Gasteiger partial charge in [0, 0.05) is 53.5 Å². The fourth-order valence-electron chi connectivity index (χ4n) is 2.93. The van der Waals surface area contributed by atoms with Gasteiger partial charge in [0.25, 0.3) is 0 Å². The van der Waals surface area contributed by atoms with Gasteiger partial charge in [0.2, 0.25) is 0 Å². The zero-order valence-corrected chi connectivity index (χ0v) is 14.3. The highest BCUT2D eigenvalue weighted by Crippen LogP contribution is 2.30. The van der Waals surface area contributed by atoms with Crippen molar-refractivity contribution in [3.63, 3.8) is 0 Å². The quantitative estimate of drug-likeness (QED) is 0.769. The molecule has 1 aromatic heterocycles. The minimum Gasteiger partial charge on any atom is -0.355 e. The van der Waals surface area contributed by atoms with Crippen LogP contribution in [0.25, 0.3) is 10.8 Å². The van der Waals surface area contributed by atoms with Crippen molar-refractivity contribution < 1.29 is 0 Å². The van der Waals surface area contributed by atoms with Crippen LogP contribution in [0.2, 0.25) is 0 Å². The Morgan fingerprint density at radius 3 is 2.86 bits per heavy atom. The molecular weight excluding hydrogens is 350 g/mol. The molecule has 0 saturated carbocycles. The third-order valence-electron chi connectivity index (χ3n) is 4.02. The Morgan fingerprint density at radius 2 is 2.00 bits per heavy atom. The molecule has 1 aliphatic heterocycles. The fraction of sp³-hybridized carbons (Fsp3) is 0.438. The molecular formula is C16H19BrClN3. The van der Waals surface area contributed by atoms with E-state index in [9.17, 15) is 0 Å². The van der Waals surface area contributed by atoms with E-state index < -0.39 is 0 Å². The minimum absolute atomic E-state index is 0.708. The molecule has 112 valence electrons. The highest BCUT2D eigenvalue weighted by molar-refractivity contribution is 9.10. The predicted octanol–water partition coefficient (Wildman–Crippen LogP) is 3.75. The van der Waals surface area contributed by atoms with Crippen molar-refractivity contribution in [3.8, 4) is 0 Å². The van der Waals surface area contributed by atoms with E-state index >= 15 is 0 Å². The number of alkyl halides is 1. The minimum atomic E-state index is 0.708. The van der Waals surface area contributed by atoms with Crippen LogP contribution < -0.4 is 4.90 Å². The van der Waals surface area contributed by atoms with Crippen LogP contribution in [-0.2, 0) is 0 Å². The molecule has 0 bridgehead atoms. The van der Waals surface area contributed by atoms with Gasteiger partial charge in [-0.2, -0.15) is 0 Å². The molecule has 1 aromatic carbocycles. The van der Waals surface area contributed by atoms with Crippen molar-refractivity contribution in [2.24, 2.45) is 0 Å². The second kappa shape index (κ2) is 6.95. The number of benzene rings is 1. The fourth-order valence-corrected chi connectivity index (χ4v) is 3.67. The van der Waals surface area contributed by atoms with Gasteiger partial charge in [-0.3, -0.25) is 0 Å². The Bertz CT molecular complexity index is 619. The topological polar surface area (TPSA) is 19.4 Å². The number of halogens is 2. The van der Waals surface area contributed by atoms with E-state index in [1.807, 2.05) is 6.20 Å². The van der Waals surface area contributed by atoms with Gasteiger partial charge in [0.15, 0.2) is 0 Å². The maximum atomic E-state index is 5.86. The first-order valence-corrected chi connectivity index (χ1v) is 8.69. The Hall–Kier alpha value is -0.840. The summed E-state index contributed by atoms with van der Waals surface area (Å²) < 4.78 is 1.13. The number of hydrogen-bond donors (Lipinski definition) is 0. The second-order valence-corrected chi connectivity index (χ2v) is 6.57. The molecule has 2 heterocycles. The number of rotatable bonds is 3. The first-order chi connectivity index (χ1) is 10.3. The average Bonchev–Trinajstić information content (AvgIpc) is 2.73. The summed E-state index contributed by atoms with van der Waals surface area (Å²) in [6.45, 7) is 5.22. The lowest BCUT2D eigenvalue weighted by Gasteiger charge is -2.23. The molecule has 0 radical (unpaired) electrons. The number of nitrogens with zero attached hydrogens (tertiary/aromatic N) is 3. The number of fused-ring (bicyclic) bond motifs is 1. The normalized spacial score (nSPS) is 17.1. The van der Waals surface area contributed by atoms with Crippen molar-refractivity contribution in [1.82, 2.24) is 9.88 Å². The summed E-state index contributed by atoms with van der Waals surface area (Å²) in [5, 5.41) is 2.45. The summed E-state index contributed by atoms with van der Waals surface area (Å²) in [6, 6.07) is 8.39. The summed E-state index contributed by atoms with van der Waals surface area (Å²) in [6.07, 6.45) is 3.06. The van der Waals surface area contributed by atoms with Crippen molar-refractivity contribution >= 4 is 44.1 Å². The molecule has 2 aromatic rings. The molecule has 3 rings (SSSR count). The highest BCUT2D eigenvalue weighted by Gasteiger charge is 2.17. The first kappa shape index (κ1) is 15.1. The van der Waals surface area contributed by atoms with E-state index in [4.69, 9.17) is 11.6 Å². The molecule has 5 heteroatoms. The Morgan fingerprint density at radius 1 is 1.10 bits per heavy atom. The zero-order valence-electron chi connectivity index (χ0n) is 11.9. The van der Waals surface area contributed by atoms with E-state index in [0.717, 1.165) is 49.4 Å². The van der Waals surface area contributed by atoms with Gasteiger partial charge < -0.3 is 9.80 Å². The molecule has 1 saturated heterocycles. The van der Waals surface area contributed by atoms with E-state index in [2.05, 4.69) is 55.0 Å². The molecule has 0 spiro atoms.